The summed E-state index contributed by atoms with van der Waals surface area (Å²) in [7, 11) is 1.70. The summed E-state index contributed by atoms with van der Waals surface area (Å²) in [5.41, 5.74) is -0.750. The van der Waals surface area contributed by atoms with Crippen molar-refractivity contribution in [3.63, 3.8) is 0 Å². The predicted octanol–water partition coefficient (Wildman–Crippen LogP) is 0.464. The summed E-state index contributed by atoms with van der Waals surface area (Å²) in [5, 5.41) is 22.0. The van der Waals surface area contributed by atoms with Crippen LogP contribution in [0.15, 0.2) is 0 Å². The topological polar surface area (TPSA) is 63.8 Å². The molecule has 1 aromatic rings. The quantitative estimate of drug-likeness (QED) is 0.746. The molecule has 0 saturated heterocycles. The average molecular weight is 196 g/mol. The Labute approximate surface area is 83.1 Å². The fraction of sp³-hybridized carbons (Fsp3) is 0.889. The summed E-state index contributed by atoms with van der Waals surface area (Å²) < 4.78 is 0. The van der Waals surface area contributed by atoms with Crippen LogP contribution in [0.4, 0.5) is 0 Å². The molecule has 1 fully saturated rings. The lowest BCUT2D eigenvalue weighted by atomic mass is 9.94. The molecule has 1 saturated carbocycles. The molecule has 1 heterocycles. The lowest BCUT2D eigenvalue weighted by Gasteiger charge is -2.20. The van der Waals surface area contributed by atoms with Crippen LogP contribution in [0.1, 0.15) is 33.0 Å². The third-order valence-corrected chi connectivity index (χ3v) is 3.15. The number of aromatic nitrogens is 4. The SMILES string of the molecule is Cn1nnc(C(C)(O)C2CC2(C)C)n1. The molecule has 1 aromatic heterocycles. The van der Waals surface area contributed by atoms with Gasteiger partial charge in [-0.05, 0) is 24.0 Å². The molecule has 0 radical (unpaired) electrons. The first-order chi connectivity index (χ1) is 6.34. The van der Waals surface area contributed by atoms with Gasteiger partial charge in [-0.3, -0.25) is 0 Å². The molecule has 0 amide bonds. The monoisotopic (exact) mass is 196 g/mol. The van der Waals surface area contributed by atoms with Crippen LogP contribution >= 0.6 is 0 Å². The zero-order valence-corrected chi connectivity index (χ0v) is 9.02. The molecule has 5 nitrogen and oxygen atoms in total. The molecule has 78 valence electrons. The summed E-state index contributed by atoms with van der Waals surface area (Å²) in [5.74, 6) is 0.662. The van der Waals surface area contributed by atoms with Crippen molar-refractivity contribution in [2.45, 2.75) is 32.8 Å². The highest BCUT2D eigenvalue weighted by molar-refractivity contribution is 5.11. The molecule has 5 heteroatoms. The van der Waals surface area contributed by atoms with Crippen molar-refractivity contribution in [3.05, 3.63) is 5.82 Å². The number of tetrazole rings is 1. The second-order valence-electron chi connectivity index (χ2n) is 5.00. The van der Waals surface area contributed by atoms with Crippen molar-refractivity contribution < 1.29 is 5.11 Å². The molecule has 2 rings (SSSR count). The van der Waals surface area contributed by atoms with Crippen molar-refractivity contribution in [3.8, 4) is 0 Å². The van der Waals surface area contributed by atoms with E-state index in [1.54, 1.807) is 14.0 Å². The summed E-state index contributed by atoms with van der Waals surface area (Å²) >= 11 is 0. The van der Waals surface area contributed by atoms with Crippen molar-refractivity contribution in [2.24, 2.45) is 18.4 Å². The van der Waals surface area contributed by atoms with E-state index in [4.69, 9.17) is 0 Å². The van der Waals surface area contributed by atoms with Crippen LogP contribution < -0.4 is 0 Å². The Hall–Kier alpha value is -0.970. The third kappa shape index (κ3) is 1.32. The van der Waals surface area contributed by atoms with Crippen LogP contribution in [0.25, 0.3) is 0 Å². The largest absolute Gasteiger partial charge is 0.382 e. The van der Waals surface area contributed by atoms with Gasteiger partial charge in [0.1, 0.15) is 5.60 Å². The number of rotatable bonds is 2. The van der Waals surface area contributed by atoms with E-state index in [9.17, 15) is 5.11 Å². The van der Waals surface area contributed by atoms with Gasteiger partial charge in [-0.2, -0.15) is 4.80 Å². The molecule has 1 aliphatic rings. The molecule has 0 aromatic carbocycles. The van der Waals surface area contributed by atoms with Gasteiger partial charge in [0.2, 0.25) is 5.82 Å². The van der Waals surface area contributed by atoms with Crippen LogP contribution in [0.2, 0.25) is 0 Å². The minimum atomic E-state index is -0.947. The van der Waals surface area contributed by atoms with E-state index in [-0.39, 0.29) is 11.3 Å². The fourth-order valence-electron chi connectivity index (χ4n) is 2.07. The van der Waals surface area contributed by atoms with Gasteiger partial charge in [0.25, 0.3) is 0 Å². The molecule has 1 N–H and O–H groups in total. The van der Waals surface area contributed by atoms with Gasteiger partial charge < -0.3 is 5.11 Å². The van der Waals surface area contributed by atoms with E-state index >= 15 is 0 Å². The summed E-state index contributed by atoms with van der Waals surface area (Å²) in [6.07, 6.45) is 1.01. The Bertz CT molecular complexity index is 355. The van der Waals surface area contributed by atoms with Gasteiger partial charge in [0.15, 0.2) is 0 Å². The molecular formula is C9H16N4O. The first kappa shape index (κ1) is 9.58. The Balaban J connectivity index is 2.25. The van der Waals surface area contributed by atoms with Gasteiger partial charge in [0, 0.05) is 5.92 Å². The lowest BCUT2D eigenvalue weighted by Crippen LogP contribution is -2.28. The maximum Gasteiger partial charge on any atom is 0.206 e. The number of aliphatic hydroxyl groups is 1. The molecular weight excluding hydrogens is 180 g/mol. The number of aryl methyl sites for hydroxylation is 1. The van der Waals surface area contributed by atoms with Gasteiger partial charge in [-0.25, -0.2) is 0 Å². The predicted molar refractivity (Wildman–Crippen MR) is 50.3 cm³/mol. The first-order valence-corrected chi connectivity index (χ1v) is 4.81. The van der Waals surface area contributed by atoms with Crippen molar-refractivity contribution in [1.29, 1.82) is 0 Å². The van der Waals surface area contributed by atoms with E-state index in [2.05, 4.69) is 29.3 Å². The van der Waals surface area contributed by atoms with Crippen molar-refractivity contribution >= 4 is 0 Å². The highest BCUT2D eigenvalue weighted by Crippen LogP contribution is 2.59. The average Bonchev–Trinajstić information content (AvgIpc) is 2.52. The van der Waals surface area contributed by atoms with Crippen LogP contribution in [-0.2, 0) is 12.6 Å². The number of nitrogens with zero attached hydrogens (tertiary/aromatic N) is 4. The minimum Gasteiger partial charge on any atom is -0.382 e. The number of hydrogen-bond acceptors (Lipinski definition) is 4. The maximum absolute atomic E-state index is 10.3. The van der Waals surface area contributed by atoms with E-state index in [1.165, 1.54) is 4.80 Å². The molecule has 2 atom stereocenters. The molecule has 0 aliphatic heterocycles. The lowest BCUT2D eigenvalue weighted by molar-refractivity contribution is 0.0118. The Morgan fingerprint density at radius 3 is 2.50 bits per heavy atom. The fourth-order valence-corrected chi connectivity index (χ4v) is 2.07. The normalized spacial score (nSPS) is 28.5. The van der Waals surface area contributed by atoms with E-state index in [1.807, 2.05) is 0 Å². The highest BCUT2D eigenvalue weighted by atomic mass is 16.3. The van der Waals surface area contributed by atoms with E-state index in [0.717, 1.165) is 6.42 Å². The van der Waals surface area contributed by atoms with Gasteiger partial charge in [-0.15, -0.1) is 10.2 Å². The van der Waals surface area contributed by atoms with Gasteiger partial charge >= 0.3 is 0 Å². The standard InChI is InChI=1S/C9H16N4O/c1-8(2)5-6(8)9(3,14)7-10-12-13(4)11-7/h6,14H,5H2,1-4H3. The van der Waals surface area contributed by atoms with E-state index in [0.29, 0.717) is 5.82 Å². The van der Waals surface area contributed by atoms with Crippen LogP contribution in [0.3, 0.4) is 0 Å². The van der Waals surface area contributed by atoms with Gasteiger partial charge in [-0.1, -0.05) is 13.8 Å². The van der Waals surface area contributed by atoms with E-state index < -0.39 is 5.60 Å². The summed E-state index contributed by atoms with van der Waals surface area (Å²) in [4.78, 5) is 1.37. The molecule has 2 unspecified atom stereocenters. The Morgan fingerprint density at radius 2 is 2.14 bits per heavy atom. The van der Waals surface area contributed by atoms with Gasteiger partial charge in [0.05, 0.1) is 7.05 Å². The molecule has 0 spiro atoms. The first-order valence-electron chi connectivity index (χ1n) is 4.81. The molecule has 0 bridgehead atoms. The summed E-state index contributed by atoms with van der Waals surface area (Å²) in [6.45, 7) is 6.05. The van der Waals surface area contributed by atoms with Crippen LogP contribution in [-0.4, -0.2) is 25.3 Å². The second-order valence-corrected chi connectivity index (χ2v) is 5.00. The zero-order valence-electron chi connectivity index (χ0n) is 9.02. The smallest absolute Gasteiger partial charge is 0.206 e. The zero-order chi connectivity index (χ0) is 10.6. The molecule has 1 aliphatic carbocycles. The second kappa shape index (κ2) is 2.53. The number of hydrogen-bond donors (Lipinski definition) is 1. The Morgan fingerprint density at radius 1 is 1.57 bits per heavy atom. The van der Waals surface area contributed by atoms with Crippen LogP contribution in [0, 0.1) is 11.3 Å². The van der Waals surface area contributed by atoms with Crippen LogP contribution in [0.5, 0.6) is 0 Å². The Kier molecular flexibility index (Phi) is 1.73. The third-order valence-electron chi connectivity index (χ3n) is 3.15. The maximum atomic E-state index is 10.3. The van der Waals surface area contributed by atoms with Crippen molar-refractivity contribution in [1.82, 2.24) is 20.2 Å². The molecule has 14 heavy (non-hydrogen) atoms. The summed E-state index contributed by atoms with van der Waals surface area (Å²) in [6, 6.07) is 0. The van der Waals surface area contributed by atoms with Crippen molar-refractivity contribution in [2.75, 3.05) is 0 Å². The minimum absolute atomic E-state index is 0.197. The highest BCUT2D eigenvalue weighted by Gasteiger charge is 2.57.